The molecule has 0 spiro atoms. The van der Waals surface area contributed by atoms with E-state index in [-0.39, 0.29) is 0 Å². The van der Waals surface area contributed by atoms with E-state index in [0.29, 0.717) is 6.04 Å². The predicted octanol–water partition coefficient (Wildman–Crippen LogP) is 1.74. The van der Waals surface area contributed by atoms with E-state index in [1.807, 2.05) is 43.0 Å². The number of rotatable bonds is 5. The van der Waals surface area contributed by atoms with Gasteiger partial charge >= 0.3 is 0 Å². The molecule has 0 bridgehead atoms. The van der Waals surface area contributed by atoms with Gasteiger partial charge in [0.25, 0.3) is 5.91 Å². The minimum Gasteiger partial charge on any atom is -0.374 e. The molecule has 8 heteroatoms. The van der Waals surface area contributed by atoms with Crippen LogP contribution in [0.3, 0.4) is 0 Å². The molecule has 0 saturated carbocycles. The van der Waals surface area contributed by atoms with Gasteiger partial charge in [-0.25, -0.2) is 5.48 Å². The van der Waals surface area contributed by atoms with Gasteiger partial charge in [-0.2, -0.15) is 0 Å². The lowest BCUT2D eigenvalue weighted by molar-refractivity contribution is -0.124. The van der Waals surface area contributed by atoms with Crippen LogP contribution in [-0.4, -0.2) is 49.0 Å². The van der Waals surface area contributed by atoms with E-state index in [0.717, 1.165) is 48.7 Å². The Balaban J connectivity index is 1.70. The second-order valence-corrected chi connectivity index (χ2v) is 6.74. The summed E-state index contributed by atoms with van der Waals surface area (Å²) in [4.78, 5) is 13.3. The molecule has 144 valence electrons. The molecule has 1 fully saturated rings. The second-order valence-electron chi connectivity index (χ2n) is 6.74. The van der Waals surface area contributed by atoms with Crippen molar-refractivity contribution in [3.8, 4) is 0 Å². The highest BCUT2D eigenvalue weighted by molar-refractivity contribution is 5.91. The zero-order valence-corrected chi connectivity index (χ0v) is 15.5. The molecule has 0 radical (unpaired) electrons. The first-order chi connectivity index (χ1) is 13.0. The summed E-state index contributed by atoms with van der Waals surface area (Å²) in [6.45, 7) is 5.43. The fourth-order valence-electron chi connectivity index (χ4n) is 3.69. The third-order valence-electron chi connectivity index (χ3n) is 5.05. The van der Waals surface area contributed by atoms with Crippen molar-refractivity contribution in [3.05, 3.63) is 53.1 Å². The van der Waals surface area contributed by atoms with Crippen LogP contribution < -0.4 is 5.48 Å². The van der Waals surface area contributed by atoms with E-state index in [9.17, 15) is 9.90 Å². The number of piperidine rings is 1. The number of benzene rings is 1. The van der Waals surface area contributed by atoms with Crippen LogP contribution in [0.2, 0.25) is 0 Å². The molecule has 8 nitrogen and oxygen atoms in total. The maximum Gasteiger partial charge on any atom is 0.267 e. The molecule has 2 heterocycles. The minimum atomic E-state index is -0.757. The number of amides is 1. The van der Waals surface area contributed by atoms with Crippen LogP contribution in [-0.2, 0) is 4.79 Å². The molecule has 1 aromatic carbocycles. The maximum atomic E-state index is 11.2. The van der Waals surface area contributed by atoms with Gasteiger partial charge in [-0.05, 0) is 38.3 Å². The van der Waals surface area contributed by atoms with Gasteiger partial charge in [0.2, 0.25) is 0 Å². The van der Waals surface area contributed by atoms with Gasteiger partial charge in [-0.15, -0.1) is 10.2 Å². The van der Waals surface area contributed by atoms with Crippen molar-refractivity contribution in [2.75, 3.05) is 13.1 Å². The number of likely N-dealkylation sites (tertiary alicyclic amines) is 1. The molecule has 1 atom stereocenters. The summed E-state index contributed by atoms with van der Waals surface area (Å²) in [6, 6.07) is 7.72. The Labute approximate surface area is 158 Å². The monoisotopic (exact) mass is 371 g/mol. The van der Waals surface area contributed by atoms with Crippen LogP contribution in [0.15, 0.2) is 30.3 Å². The number of nitrogens with zero attached hydrogens (tertiary/aromatic N) is 4. The number of aromatic nitrogens is 3. The van der Waals surface area contributed by atoms with Crippen LogP contribution in [0.25, 0.3) is 6.08 Å². The summed E-state index contributed by atoms with van der Waals surface area (Å²) in [5.74, 6) is 1.23. The fraction of sp³-hybridized carbons (Fsp3) is 0.421. The molecule has 1 aromatic heterocycles. The van der Waals surface area contributed by atoms with Gasteiger partial charge in [-0.3, -0.25) is 14.9 Å². The molecular weight excluding hydrogens is 346 g/mol. The smallest absolute Gasteiger partial charge is 0.267 e. The SMILES string of the molecule is Cc1nnc(C)n1C1CCN(C(O)c2ccccc2/C=C/C(=O)NO)CC1. The van der Waals surface area contributed by atoms with Crippen molar-refractivity contribution < 1.29 is 15.1 Å². The lowest BCUT2D eigenvalue weighted by atomic mass is 10.0. The van der Waals surface area contributed by atoms with Gasteiger partial charge < -0.3 is 9.67 Å². The van der Waals surface area contributed by atoms with Crippen molar-refractivity contribution in [2.24, 2.45) is 0 Å². The average molecular weight is 371 g/mol. The Hall–Kier alpha value is -2.55. The molecule has 0 aliphatic carbocycles. The van der Waals surface area contributed by atoms with Crippen molar-refractivity contribution in [1.82, 2.24) is 25.1 Å². The summed E-state index contributed by atoms with van der Waals surface area (Å²) in [5, 5.41) is 27.8. The summed E-state index contributed by atoms with van der Waals surface area (Å²) >= 11 is 0. The molecule has 1 saturated heterocycles. The van der Waals surface area contributed by atoms with Crippen LogP contribution in [0.1, 0.15) is 47.9 Å². The average Bonchev–Trinajstić information content (AvgIpc) is 3.04. The maximum absolute atomic E-state index is 11.2. The highest BCUT2D eigenvalue weighted by atomic mass is 16.5. The van der Waals surface area contributed by atoms with Crippen LogP contribution >= 0.6 is 0 Å². The number of aryl methyl sites for hydroxylation is 2. The normalized spacial score (nSPS) is 17.3. The number of carbonyl (C=O) groups is 1. The lowest BCUT2D eigenvalue weighted by Crippen LogP contribution is -2.38. The van der Waals surface area contributed by atoms with E-state index in [2.05, 4.69) is 14.8 Å². The third kappa shape index (κ3) is 4.24. The molecule has 3 rings (SSSR count). The van der Waals surface area contributed by atoms with Crippen LogP contribution in [0.4, 0.5) is 0 Å². The Morgan fingerprint density at radius 3 is 2.48 bits per heavy atom. The van der Waals surface area contributed by atoms with Crippen molar-refractivity contribution in [1.29, 1.82) is 0 Å². The number of hydroxylamine groups is 1. The first-order valence-corrected chi connectivity index (χ1v) is 9.02. The molecule has 27 heavy (non-hydrogen) atoms. The zero-order chi connectivity index (χ0) is 19.4. The predicted molar refractivity (Wildman–Crippen MR) is 99.7 cm³/mol. The summed E-state index contributed by atoms with van der Waals surface area (Å²) in [5.41, 5.74) is 3.03. The molecule has 1 amide bonds. The summed E-state index contributed by atoms with van der Waals surface area (Å²) in [6.07, 6.45) is 3.87. The Morgan fingerprint density at radius 1 is 1.22 bits per heavy atom. The van der Waals surface area contributed by atoms with Crippen LogP contribution in [0, 0.1) is 13.8 Å². The van der Waals surface area contributed by atoms with Crippen molar-refractivity contribution in [2.45, 2.75) is 39.0 Å². The number of nitrogens with one attached hydrogen (secondary N) is 1. The topological polar surface area (TPSA) is 104 Å². The highest BCUT2D eigenvalue weighted by Crippen LogP contribution is 2.30. The third-order valence-corrected chi connectivity index (χ3v) is 5.05. The minimum absolute atomic E-state index is 0.340. The van der Waals surface area contributed by atoms with Gasteiger partial charge in [-0.1, -0.05) is 24.3 Å². The van der Waals surface area contributed by atoms with Crippen LogP contribution in [0.5, 0.6) is 0 Å². The van der Waals surface area contributed by atoms with Crippen molar-refractivity contribution >= 4 is 12.0 Å². The number of aliphatic hydroxyl groups is 1. The Morgan fingerprint density at radius 2 is 1.85 bits per heavy atom. The quantitative estimate of drug-likeness (QED) is 0.420. The van der Waals surface area contributed by atoms with E-state index < -0.39 is 12.1 Å². The Bertz CT molecular complexity index is 805. The van der Waals surface area contributed by atoms with Gasteiger partial charge in [0.1, 0.15) is 17.9 Å². The lowest BCUT2D eigenvalue weighted by Gasteiger charge is -2.36. The molecule has 1 aliphatic rings. The fourth-order valence-corrected chi connectivity index (χ4v) is 3.69. The van der Waals surface area contributed by atoms with Gasteiger partial charge in [0.15, 0.2) is 0 Å². The standard InChI is InChI=1S/C19H25N5O3/c1-13-20-21-14(2)24(13)16-9-11-23(12-10-16)19(26)17-6-4-3-5-15(17)7-8-18(25)22-27/h3-8,16,19,26-27H,9-12H2,1-2H3,(H,22,25)/b8-7+. The Kier molecular flexibility index (Phi) is 6.00. The number of carbonyl (C=O) groups excluding carboxylic acids is 1. The first kappa shape index (κ1) is 19.2. The largest absolute Gasteiger partial charge is 0.374 e. The molecule has 2 aromatic rings. The van der Waals surface area contributed by atoms with E-state index >= 15 is 0 Å². The number of aliphatic hydroxyl groups excluding tert-OH is 1. The summed E-state index contributed by atoms with van der Waals surface area (Å²) in [7, 11) is 0. The number of hydrogen-bond acceptors (Lipinski definition) is 6. The molecule has 1 aliphatic heterocycles. The van der Waals surface area contributed by atoms with E-state index in [4.69, 9.17) is 5.21 Å². The summed E-state index contributed by atoms with van der Waals surface area (Å²) < 4.78 is 2.17. The highest BCUT2D eigenvalue weighted by Gasteiger charge is 2.27. The van der Waals surface area contributed by atoms with Gasteiger partial charge in [0, 0.05) is 30.8 Å². The zero-order valence-electron chi connectivity index (χ0n) is 15.5. The van der Waals surface area contributed by atoms with Crippen molar-refractivity contribution in [3.63, 3.8) is 0 Å². The van der Waals surface area contributed by atoms with Gasteiger partial charge in [0.05, 0.1) is 0 Å². The second kappa shape index (κ2) is 8.43. The number of hydrogen-bond donors (Lipinski definition) is 3. The first-order valence-electron chi connectivity index (χ1n) is 9.02. The van der Waals surface area contributed by atoms with E-state index in [1.165, 1.54) is 6.08 Å². The molecule has 3 N–H and O–H groups in total. The van der Waals surface area contributed by atoms with E-state index in [1.54, 1.807) is 11.6 Å². The molecule has 1 unspecified atom stereocenters. The molecular formula is C19H25N5O3.